The molecule has 1 aliphatic rings. The summed E-state index contributed by atoms with van der Waals surface area (Å²) in [7, 11) is 1.66. The first-order chi connectivity index (χ1) is 12.1. The molecule has 1 fully saturated rings. The van der Waals surface area contributed by atoms with Gasteiger partial charge in [0.1, 0.15) is 11.4 Å². The number of ether oxygens (including phenoxy) is 1. The summed E-state index contributed by atoms with van der Waals surface area (Å²) in [6.45, 7) is 1.54. The van der Waals surface area contributed by atoms with Crippen LogP contribution in [0, 0.1) is 10.1 Å². The van der Waals surface area contributed by atoms with Crippen molar-refractivity contribution in [2.45, 2.75) is 18.9 Å². The third-order valence-electron chi connectivity index (χ3n) is 4.44. The van der Waals surface area contributed by atoms with Crippen molar-refractivity contribution in [1.29, 1.82) is 0 Å². The first kappa shape index (κ1) is 17.5. The van der Waals surface area contributed by atoms with Crippen LogP contribution in [0.4, 0.5) is 17.1 Å². The van der Waals surface area contributed by atoms with E-state index in [1.807, 2.05) is 30.3 Å². The van der Waals surface area contributed by atoms with Crippen molar-refractivity contribution in [3.05, 3.63) is 57.1 Å². The van der Waals surface area contributed by atoms with E-state index in [4.69, 9.17) is 4.74 Å². The molecular weight excluding hydrogens is 386 g/mol. The van der Waals surface area contributed by atoms with Crippen LogP contribution in [0.3, 0.4) is 0 Å². The Morgan fingerprint density at radius 1 is 1.24 bits per heavy atom. The molecule has 0 bridgehead atoms. The van der Waals surface area contributed by atoms with Crippen LogP contribution < -0.4 is 15.0 Å². The molecule has 0 radical (unpaired) electrons. The number of methoxy groups -OCH3 is 1. The Hall–Kier alpha value is -2.28. The monoisotopic (exact) mass is 405 g/mol. The highest BCUT2D eigenvalue weighted by Gasteiger charge is 2.25. The Labute approximate surface area is 155 Å². The minimum atomic E-state index is -0.319. The molecule has 7 heteroatoms. The molecule has 0 aromatic heterocycles. The van der Waals surface area contributed by atoms with Crippen LogP contribution in [0.1, 0.15) is 12.8 Å². The van der Waals surface area contributed by atoms with E-state index in [2.05, 4.69) is 26.1 Å². The van der Waals surface area contributed by atoms with Crippen molar-refractivity contribution >= 4 is 33.0 Å². The Balaban J connectivity index is 1.68. The Morgan fingerprint density at radius 3 is 2.64 bits per heavy atom. The van der Waals surface area contributed by atoms with Crippen LogP contribution in [-0.4, -0.2) is 31.2 Å². The predicted octanol–water partition coefficient (Wildman–Crippen LogP) is 4.45. The fourth-order valence-electron chi connectivity index (χ4n) is 3.15. The molecule has 1 aliphatic heterocycles. The second-order valence-corrected chi connectivity index (χ2v) is 6.91. The molecule has 2 aromatic rings. The number of nitrogens with zero attached hydrogens (tertiary/aromatic N) is 2. The zero-order chi connectivity index (χ0) is 17.8. The number of benzene rings is 2. The molecular formula is C18H20BrN3O3. The van der Waals surface area contributed by atoms with Crippen LogP contribution >= 0.6 is 15.9 Å². The Kier molecular flexibility index (Phi) is 5.43. The number of hydrogen-bond donors (Lipinski definition) is 1. The molecule has 0 amide bonds. The maximum absolute atomic E-state index is 11.3. The van der Waals surface area contributed by atoms with E-state index in [0.29, 0.717) is 11.7 Å². The summed E-state index contributed by atoms with van der Waals surface area (Å²) < 4.78 is 6.23. The van der Waals surface area contributed by atoms with Gasteiger partial charge in [0.15, 0.2) is 0 Å². The number of halogens is 1. The third-order valence-corrected chi connectivity index (χ3v) is 4.93. The molecule has 2 aromatic carbocycles. The van der Waals surface area contributed by atoms with Crippen molar-refractivity contribution in [1.82, 2.24) is 0 Å². The van der Waals surface area contributed by atoms with Crippen LogP contribution in [0.25, 0.3) is 0 Å². The van der Waals surface area contributed by atoms with E-state index in [-0.39, 0.29) is 10.6 Å². The number of piperidine rings is 1. The van der Waals surface area contributed by atoms with E-state index in [1.165, 1.54) is 0 Å². The van der Waals surface area contributed by atoms with Gasteiger partial charge in [0.25, 0.3) is 5.69 Å². The minimum Gasteiger partial charge on any atom is -0.495 e. The summed E-state index contributed by atoms with van der Waals surface area (Å²) in [6.07, 6.45) is 1.81. The maximum Gasteiger partial charge on any atom is 0.292 e. The van der Waals surface area contributed by atoms with Gasteiger partial charge in [-0.25, -0.2) is 0 Å². The molecule has 1 N–H and O–H groups in total. The zero-order valence-corrected chi connectivity index (χ0v) is 15.5. The topological polar surface area (TPSA) is 67.6 Å². The highest BCUT2D eigenvalue weighted by atomic mass is 79.9. The van der Waals surface area contributed by atoms with Gasteiger partial charge in [-0.2, -0.15) is 0 Å². The maximum atomic E-state index is 11.3. The summed E-state index contributed by atoms with van der Waals surface area (Å²) in [5.41, 5.74) is 1.81. The summed E-state index contributed by atoms with van der Waals surface area (Å²) in [5, 5.41) is 14.8. The first-order valence-corrected chi connectivity index (χ1v) is 8.96. The Morgan fingerprint density at radius 2 is 1.96 bits per heavy atom. The van der Waals surface area contributed by atoms with Gasteiger partial charge >= 0.3 is 0 Å². The fraction of sp³-hybridized carbons (Fsp3) is 0.333. The van der Waals surface area contributed by atoms with Crippen molar-refractivity contribution < 1.29 is 9.66 Å². The lowest BCUT2D eigenvalue weighted by atomic mass is 10.0. The predicted molar refractivity (Wildman–Crippen MR) is 103 cm³/mol. The Bertz CT molecular complexity index is 761. The minimum absolute atomic E-state index is 0.152. The highest BCUT2D eigenvalue weighted by Crippen LogP contribution is 2.34. The summed E-state index contributed by atoms with van der Waals surface area (Å²) >= 11 is 3.41. The van der Waals surface area contributed by atoms with Gasteiger partial charge in [0.05, 0.1) is 17.7 Å². The van der Waals surface area contributed by atoms with Gasteiger partial charge in [-0.05, 0) is 37.1 Å². The van der Waals surface area contributed by atoms with E-state index >= 15 is 0 Å². The second kappa shape index (κ2) is 7.74. The van der Waals surface area contributed by atoms with Crippen LogP contribution in [0.2, 0.25) is 0 Å². The molecule has 0 aliphatic carbocycles. The van der Waals surface area contributed by atoms with Gasteiger partial charge in [-0.1, -0.05) is 28.1 Å². The summed E-state index contributed by atoms with van der Waals surface area (Å²) in [4.78, 5) is 13.1. The molecule has 3 rings (SSSR count). The smallest absolute Gasteiger partial charge is 0.292 e. The fourth-order valence-corrected chi connectivity index (χ4v) is 3.50. The van der Waals surface area contributed by atoms with E-state index in [0.717, 1.165) is 41.8 Å². The standard InChI is InChI=1S/C18H20BrN3O3/c1-25-18-5-3-2-4-15(18)20-14-8-10-21(11-9-14)17-12-13(19)6-7-16(17)22(23)24/h2-7,12,14,20H,8-11H2,1H3. The lowest BCUT2D eigenvalue weighted by Crippen LogP contribution is -2.39. The van der Waals surface area contributed by atoms with E-state index in [1.54, 1.807) is 19.2 Å². The van der Waals surface area contributed by atoms with Gasteiger partial charge < -0.3 is 15.0 Å². The normalized spacial score (nSPS) is 15.0. The van der Waals surface area contributed by atoms with Crippen molar-refractivity contribution in [3.8, 4) is 5.75 Å². The van der Waals surface area contributed by atoms with Crippen LogP contribution in [0.5, 0.6) is 5.75 Å². The lowest BCUT2D eigenvalue weighted by Gasteiger charge is -2.34. The van der Waals surface area contributed by atoms with Gasteiger partial charge in [-0.3, -0.25) is 10.1 Å². The molecule has 0 atom stereocenters. The molecule has 1 saturated heterocycles. The number of nitro benzene ring substituents is 1. The zero-order valence-electron chi connectivity index (χ0n) is 13.9. The van der Waals surface area contributed by atoms with E-state index < -0.39 is 0 Å². The number of anilines is 2. The quantitative estimate of drug-likeness (QED) is 0.587. The van der Waals surface area contributed by atoms with E-state index in [9.17, 15) is 10.1 Å². The van der Waals surface area contributed by atoms with Gasteiger partial charge in [0, 0.05) is 29.7 Å². The molecule has 1 heterocycles. The highest BCUT2D eigenvalue weighted by molar-refractivity contribution is 9.10. The number of nitrogens with one attached hydrogen (secondary N) is 1. The SMILES string of the molecule is COc1ccccc1NC1CCN(c2cc(Br)ccc2[N+](=O)[O-])CC1. The third kappa shape index (κ3) is 4.04. The number of nitro groups is 1. The molecule has 0 saturated carbocycles. The van der Waals surface area contributed by atoms with Crippen molar-refractivity contribution in [3.63, 3.8) is 0 Å². The largest absolute Gasteiger partial charge is 0.495 e. The average Bonchev–Trinajstić information content (AvgIpc) is 2.62. The van der Waals surface area contributed by atoms with Crippen LogP contribution in [0.15, 0.2) is 46.9 Å². The molecule has 132 valence electrons. The summed E-state index contributed by atoms with van der Waals surface area (Å²) in [6, 6.07) is 13.3. The van der Waals surface area contributed by atoms with Crippen molar-refractivity contribution in [2.24, 2.45) is 0 Å². The second-order valence-electron chi connectivity index (χ2n) is 6.00. The molecule has 0 spiro atoms. The first-order valence-electron chi connectivity index (χ1n) is 8.17. The lowest BCUT2D eigenvalue weighted by molar-refractivity contribution is -0.384. The number of rotatable bonds is 5. The van der Waals surface area contributed by atoms with Gasteiger partial charge in [-0.15, -0.1) is 0 Å². The molecule has 6 nitrogen and oxygen atoms in total. The summed E-state index contributed by atoms with van der Waals surface area (Å²) in [5.74, 6) is 0.826. The average molecular weight is 406 g/mol. The number of para-hydroxylation sites is 2. The number of hydrogen-bond acceptors (Lipinski definition) is 5. The molecule has 25 heavy (non-hydrogen) atoms. The van der Waals surface area contributed by atoms with Crippen molar-refractivity contribution in [2.75, 3.05) is 30.4 Å². The molecule has 0 unspecified atom stereocenters. The van der Waals surface area contributed by atoms with Gasteiger partial charge in [0.2, 0.25) is 0 Å². The van der Waals surface area contributed by atoms with Crippen LogP contribution in [-0.2, 0) is 0 Å².